The molecule has 0 aliphatic heterocycles. The molecule has 1 N–H and O–H groups in total. The molecule has 1 aromatic carbocycles. The van der Waals surface area contributed by atoms with Gasteiger partial charge < -0.3 is 5.32 Å². The molecule has 1 heterocycles. The molecule has 2 rings (SSSR count). The van der Waals surface area contributed by atoms with Gasteiger partial charge in [0.05, 0.1) is 5.52 Å². The number of hydrogen-bond acceptors (Lipinski definition) is 2. The van der Waals surface area contributed by atoms with Crippen molar-refractivity contribution in [3.8, 4) is 0 Å². The number of rotatable bonds is 6. The zero-order chi connectivity index (χ0) is 14.5. The molecule has 0 aliphatic rings. The van der Waals surface area contributed by atoms with Crippen molar-refractivity contribution < 1.29 is 0 Å². The Hall–Kier alpha value is -1.41. The molecule has 0 saturated carbocycles. The lowest BCUT2D eigenvalue weighted by atomic mass is 9.90. The van der Waals surface area contributed by atoms with E-state index in [4.69, 9.17) is 0 Å². The van der Waals surface area contributed by atoms with Gasteiger partial charge in [0.25, 0.3) is 0 Å². The number of nitrogens with one attached hydrogen (secondary N) is 1. The van der Waals surface area contributed by atoms with E-state index in [0.717, 1.165) is 17.8 Å². The molecule has 2 atom stereocenters. The van der Waals surface area contributed by atoms with E-state index >= 15 is 0 Å². The molecule has 0 bridgehead atoms. The van der Waals surface area contributed by atoms with Crippen LogP contribution in [0.4, 0.5) is 0 Å². The first-order valence-corrected chi connectivity index (χ1v) is 7.76. The van der Waals surface area contributed by atoms with Crippen LogP contribution < -0.4 is 5.32 Å². The molecular weight excluding hydrogens is 244 g/mol. The Bertz CT molecular complexity index is 562. The molecule has 2 nitrogen and oxygen atoms in total. The Kier molecular flexibility index (Phi) is 5.13. The quantitative estimate of drug-likeness (QED) is 0.827. The summed E-state index contributed by atoms with van der Waals surface area (Å²) in [5.41, 5.74) is 3.55. The Morgan fingerprint density at radius 2 is 1.95 bits per heavy atom. The van der Waals surface area contributed by atoms with Gasteiger partial charge in [0.15, 0.2) is 0 Å². The molecule has 0 spiro atoms. The van der Waals surface area contributed by atoms with Crippen molar-refractivity contribution in [2.24, 2.45) is 5.92 Å². The van der Waals surface area contributed by atoms with Crippen molar-refractivity contribution in [1.29, 1.82) is 0 Å². The van der Waals surface area contributed by atoms with E-state index in [0.29, 0.717) is 12.0 Å². The molecule has 0 radical (unpaired) electrons. The third kappa shape index (κ3) is 3.37. The van der Waals surface area contributed by atoms with Crippen molar-refractivity contribution in [1.82, 2.24) is 10.3 Å². The molecule has 0 fully saturated rings. The van der Waals surface area contributed by atoms with Gasteiger partial charge in [0, 0.05) is 17.1 Å². The summed E-state index contributed by atoms with van der Waals surface area (Å²) in [6, 6.07) is 11.4. The Labute approximate surface area is 122 Å². The first-order valence-electron chi connectivity index (χ1n) is 7.76. The Balaban J connectivity index is 2.35. The summed E-state index contributed by atoms with van der Waals surface area (Å²) < 4.78 is 0. The van der Waals surface area contributed by atoms with Gasteiger partial charge in [-0.25, -0.2) is 0 Å². The minimum Gasteiger partial charge on any atom is -0.310 e. The highest BCUT2D eigenvalue weighted by molar-refractivity contribution is 5.79. The molecule has 2 unspecified atom stereocenters. The summed E-state index contributed by atoms with van der Waals surface area (Å²) in [6.45, 7) is 9.82. The summed E-state index contributed by atoms with van der Waals surface area (Å²) in [6.07, 6.45) is 2.49. The van der Waals surface area contributed by atoms with E-state index in [9.17, 15) is 0 Å². The Morgan fingerprint density at radius 3 is 2.65 bits per heavy atom. The number of hydrogen-bond donors (Lipinski definition) is 1. The maximum absolute atomic E-state index is 4.58. The first-order chi connectivity index (χ1) is 9.65. The molecule has 108 valence electrons. The third-order valence-corrected chi connectivity index (χ3v) is 3.95. The second-order valence-electron chi connectivity index (χ2n) is 5.71. The maximum Gasteiger partial charge on any atom is 0.0705 e. The topological polar surface area (TPSA) is 24.9 Å². The lowest BCUT2D eigenvalue weighted by Crippen LogP contribution is -2.26. The highest BCUT2D eigenvalue weighted by atomic mass is 14.9. The number of pyridine rings is 1. The third-order valence-electron chi connectivity index (χ3n) is 3.95. The van der Waals surface area contributed by atoms with Gasteiger partial charge in [-0.2, -0.15) is 0 Å². The second-order valence-corrected chi connectivity index (χ2v) is 5.71. The standard InChI is InChI=1S/C18H26N2/c1-5-7-13(3)18(19-6-2)16-10-11-17-15(12-16)9-8-14(4)20-17/h8-13,18-19H,5-7H2,1-4H3. The highest BCUT2D eigenvalue weighted by Crippen LogP contribution is 2.27. The van der Waals surface area contributed by atoms with Crippen LogP contribution in [-0.2, 0) is 0 Å². The summed E-state index contributed by atoms with van der Waals surface area (Å²) >= 11 is 0. The predicted octanol–water partition coefficient (Wildman–Crippen LogP) is 4.63. The lowest BCUT2D eigenvalue weighted by Gasteiger charge is -2.25. The van der Waals surface area contributed by atoms with Crippen molar-refractivity contribution in [3.05, 3.63) is 41.6 Å². The Morgan fingerprint density at radius 1 is 1.15 bits per heavy atom. The fourth-order valence-corrected chi connectivity index (χ4v) is 2.93. The van der Waals surface area contributed by atoms with Crippen molar-refractivity contribution >= 4 is 10.9 Å². The lowest BCUT2D eigenvalue weighted by molar-refractivity contribution is 0.369. The normalized spacial score (nSPS) is 14.4. The molecule has 0 saturated heterocycles. The van der Waals surface area contributed by atoms with Crippen LogP contribution in [0.3, 0.4) is 0 Å². The summed E-state index contributed by atoms with van der Waals surface area (Å²) in [4.78, 5) is 4.58. The van der Waals surface area contributed by atoms with Crippen LogP contribution in [0.1, 0.15) is 50.9 Å². The van der Waals surface area contributed by atoms with Gasteiger partial charge in [-0.05, 0) is 49.6 Å². The largest absolute Gasteiger partial charge is 0.310 e. The summed E-state index contributed by atoms with van der Waals surface area (Å²) in [5.74, 6) is 0.649. The molecule has 2 aromatic rings. The zero-order valence-electron chi connectivity index (χ0n) is 13.1. The maximum atomic E-state index is 4.58. The van der Waals surface area contributed by atoms with E-state index in [1.165, 1.54) is 23.8 Å². The van der Waals surface area contributed by atoms with Crippen molar-refractivity contribution in [3.63, 3.8) is 0 Å². The molecule has 2 heteroatoms. The zero-order valence-corrected chi connectivity index (χ0v) is 13.1. The first kappa shape index (κ1) is 15.0. The van der Waals surface area contributed by atoms with Crippen LogP contribution >= 0.6 is 0 Å². The SMILES string of the molecule is CCCC(C)C(NCC)c1ccc2nc(C)ccc2c1. The molecular formula is C18H26N2. The van der Waals surface area contributed by atoms with Crippen LogP contribution in [0.5, 0.6) is 0 Å². The van der Waals surface area contributed by atoms with Crippen LogP contribution in [-0.4, -0.2) is 11.5 Å². The average Bonchev–Trinajstić information content (AvgIpc) is 2.44. The van der Waals surface area contributed by atoms with E-state index in [-0.39, 0.29) is 0 Å². The average molecular weight is 270 g/mol. The highest BCUT2D eigenvalue weighted by Gasteiger charge is 2.17. The number of benzene rings is 1. The van der Waals surface area contributed by atoms with Gasteiger partial charge in [0.1, 0.15) is 0 Å². The van der Waals surface area contributed by atoms with E-state index in [2.05, 4.69) is 61.4 Å². The number of aryl methyl sites for hydroxylation is 1. The van der Waals surface area contributed by atoms with Crippen LogP contribution in [0, 0.1) is 12.8 Å². The van der Waals surface area contributed by atoms with E-state index in [1.807, 2.05) is 6.92 Å². The number of nitrogens with zero attached hydrogens (tertiary/aromatic N) is 1. The minimum absolute atomic E-state index is 0.436. The van der Waals surface area contributed by atoms with Gasteiger partial charge in [-0.3, -0.25) is 4.98 Å². The van der Waals surface area contributed by atoms with Crippen LogP contribution in [0.25, 0.3) is 10.9 Å². The minimum atomic E-state index is 0.436. The van der Waals surface area contributed by atoms with Gasteiger partial charge in [0.2, 0.25) is 0 Å². The van der Waals surface area contributed by atoms with Gasteiger partial charge in [-0.1, -0.05) is 39.3 Å². The van der Waals surface area contributed by atoms with Gasteiger partial charge in [-0.15, -0.1) is 0 Å². The van der Waals surface area contributed by atoms with E-state index < -0.39 is 0 Å². The van der Waals surface area contributed by atoms with E-state index in [1.54, 1.807) is 0 Å². The van der Waals surface area contributed by atoms with Crippen molar-refractivity contribution in [2.75, 3.05) is 6.54 Å². The summed E-state index contributed by atoms with van der Waals surface area (Å²) in [7, 11) is 0. The fourth-order valence-electron chi connectivity index (χ4n) is 2.93. The molecule has 0 aliphatic carbocycles. The molecule has 20 heavy (non-hydrogen) atoms. The summed E-state index contributed by atoms with van der Waals surface area (Å²) in [5, 5.41) is 4.87. The smallest absolute Gasteiger partial charge is 0.0705 e. The van der Waals surface area contributed by atoms with Gasteiger partial charge >= 0.3 is 0 Å². The van der Waals surface area contributed by atoms with Crippen LogP contribution in [0.15, 0.2) is 30.3 Å². The van der Waals surface area contributed by atoms with Crippen molar-refractivity contribution in [2.45, 2.75) is 46.6 Å². The fraction of sp³-hybridized carbons (Fsp3) is 0.500. The number of fused-ring (bicyclic) bond motifs is 1. The number of aromatic nitrogens is 1. The monoisotopic (exact) mass is 270 g/mol. The molecule has 1 aromatic heterocycles. The predicted molar refractivity (Wildman–Crippen MR) is 87.0 cm³/mol. The van der Waals surface area contributed by atoms with Crippen LogP contribution in [0.2, 0.25) is 0 Å². The second kappa shape index (κ2) is 6.85. The molecule has 0 amide bonds.